The number of hydrogen-bond donors (Lipinski definition) is 0. The van der Waals surface area contributed by atoms with Crippen molar-refractivity contribution in [3.8, 4) is 0 Å². The van der Waals surface area contributed by atoms with E-state index in [9.17, 15) is 4.79 Å². The Morgan fingerprint density at radius 3 is 2.68 bits per heavy atom. The predicted molar refractivity (Wildman–Crippen MR) is 122 cm³/mol. The first-order chi connectivity index (χ1) is 15.1. The lowest BCUT2D eigenvalue weighted by Gasteiger charge is -2.22. The zero-order valence-electron chi connectivity index (χ0n) is 17.3. The molecule has 31 heavy (non-hydrogen) atoms. The molecule has 1 aliphatic rings. The fraction of sp³-hybridized carbons (Fsp3) is 0.261. The minimum atomic E-state index is -0.0576. The standard InChI is InChI=1S/C23H22N6OS/c1-15(2)21-26-22-17-10-6-7-11-18(17)25-23(29(22)27-21)31-14-20(30)28-19(12-13-24-28)16-8-4-3-5-9-16/h3-11,13,15,19H,12,14H2,1-2H3/t19-/m1/s1. The van der Waals surface area contributed by atoms with Gasteiger partial charge in [-0.15, -0.1) is 5.10 Å². The summed E-state index contributed by atoms with van der Waals surface area (Å²) >= 11 is 1.37. The van der Waals surface area contributed by atoms with Crippen LogP contribution >= 0.6 is 11.8 Å². The van der Waals surface area contributed by atoms with Gasteiger partial charge >= 0.3 is 0 Å². The maximum Gasteiger partial charge on any atom is 0.253 e. The molecule has 0 radical (unpaired) electrons. The summed E-state index contributed by atoms with van der Waals surface area (Å²) in [5.74, 6) is 1.13. The number of amides is 1. The molecule has 0 aliphatic carbocycles. The number of carbonyl (C=O) groups is 1. The summed E-state index contributed by atoms with van der Waals surface area (Å²) in [6.07, 6.45) is 2.53. The van der Waals surface area contributed by atoms with Crippen molar-refractivity contribution in [2.24, 2.45) is 5.10 Å². The molecule has 0 saturated heterocycles. The molecule has 1 amide bonds. The number of thioether (sulfide) groups is 1. The lowest BCUT2D eigenvalue weighted by Crippen LogP contribution is -2.28. The summed E-state index contributed by atoms with van der Waals surface area (Å²) < 4.78 is 1.76. The van der Waals surface area contributed by atoms with E-state index in [2.05, 4.69) is 24.0 Å². The molecule has 8 heteroatoms. The molecule has 0 bridgehead atoms. The number of benzene rings is 2. The van der Waals surface area contributed by atoms with Crippen LogP contribution in [0.1, 0.15) is 43.6 Å². The van der Waals surface area contributed by atoms with Crippen LogP contribution in [-0.4, -0.2) is 42.5 Å². The van der Waals surface area contributed by atoms with E-state index in [0.717, 1.165) is 34.4 Å². The molecule has 2 aromatic carbocycles. The van der Waals surface area contributed by atoms with Crippen LogP contribution in [0, 0.1) is 0 Å². The van der Waals surface area contributed by atoms with Gasteiger partial charge in [0, 0.05) is 23.9 Å². The fourth-order valence-corrected chi connectivity index (χ4v) is 4.48. The van der Waals surface area contributed by atoms with E-state index in [-0.39, 0.29) is 23.6 Å². The van der Waals surface area contributed by atoms with Crippen molar-refractivity contribution in [1.29, 1.82) is 0 Å². The van der Waals surface area contributed by atoms with Crippen molar-refractivity contribution in [2.45, 2.75) is 37.4 Å². The second-order valence-electron chi connectivity index (χ2n) is 7.76. The second kappa shape index (κ2) is 8.11. The van der Waals surface area contributed by atoms with Crippen LogP contribution in [0.25, 0.3) is 16.6 Å². The maximum absolute atomic E-state index is 13.0. The Balaban J connectivity index is 1.43. The van der Waals surface area contributed by atoms with E-state index in [0.29, 0.717) is 5.16 Å². The Morgan fingerprint density at radius 2 is 1.87 bits per heavy atom. The molecule has 0 unspecified atom stereocenters. The average Bonchev–Trinajstić information content (AvgIpc) is 3.46. The highest BCUT2D eigenvalue weighted by atomic mass is 32.2. The highest BCUT2D eigenvalue weighted by molar-refractivity contribution is 7.99. The number of aromatic nitrogens is 4. The highest BCUT2D eigenvalue weighted by Crippen LogP contribution is 2.30. The third-order valence-electron chi connectivity index (χ3n) is 5.28. The first-order valence-electron chi connectivity index (χ1n) is 10.3. The normalized spacial score (nSPS) is 16.1. The van der Waals surface area contributed by atoms with Gasteiger partial charge in [-0.1, -0.05) is 68.1 Å². The quantitative estimate of drug-likeness (QED) is 0.345. The lowest BCUT2D eigenvalue weighted by molar-refractivity contribution is -0.130. The highest BCUT2D eigenvalue weighted by Gasteiger charge is 2.28. The molecule has 0 spiro atoms. The Morgan fingerprint density at radius 1 is 1.10 bits per heavy atom. The van der Waals surface area contributed by atoms with Gasteiger partial charge in [0.2, 0.25) is 0 Å². The molecule has 7 nitrogen and oxygen atoms in total. The van der Waals surface area contributed by atoms with Crippen LogP contribution in [0.3, 0.4) is 0 Å². The van der Waals surface area contributed by atoms with E-state index in [1.807, 2.05) is 54.6 Å². The maximum atomic E-state index is 13.0. The number of hydrazone groups is 1. The zero-order valence-corrected chi connectivity index (χ0v) is 18.2. The first kappa shape index (κ1) is 19.7. The monoisotopic (exact) mass is 430 g/mol. The Hall–Kier alpha value is -3.26. The molecule has 1 aliphatic heterocycles. The zero-order chi connectivity index (χ0) is 21.4. The van der Waals surface area contributed by atoms with Crippen molar-refractivity contribution < 1.29 is 4.79 Å². The van der Waals surface area contributed by atoms with E-state index in [4.69, 9.17) is 9.97 Å². The van der Waals surface area contributed by atoms with Crippen molar-refractivity contribution in [1.82, 2.24) is 24.6 Å². The van der Waals surface area contributed by atoms with E-state index in [1.165, 1.54) is 11.8 Å². The molecular weight excluding hydrogens is 408 g/mol. The van der Waals surface area contributed by atoms with Crippen LogP contribution in [-0.2, 0) is 4.79 Å². The molecule has 5 rings (SSSR count). The van der Waals surface area contributed by atoms with Crippen LogP contribution in [0.15, 0.2) is 64.9 Å². The summed E-state index contributed by atoms with van der Waals surface area (Å²) in [6, 6.07) is 17.8. The summed E-state index contributed by atoms with van der Waals surface area (Å²) in [5, 5.41) is 12.2. The number of carbonyl (C=O) groups excluding carboxylic acids is 1. The van der Waals surface area contributed by atoms with Gasteiger partial charge in [-0.05, 0) is 17.7 Å². The molecule has 156 valence electrons. The SMILES string of the molecule is CC(C)c1nc2c3ccccc3nc(SCC(=O)N3N=CC[C@@H]3c3ccccc3)n2n1. The Bertz CT molecular complexity index is 1280. The predicted octanol–water partition coefficient (Wildman–Crippen LogP) is 4.45. The number of hydrogen-bond acceptors (Lipinski definition) is 6. The van der Waals surface area contributed by atoms with Crippen molar-refractivity contribution in [3.63, 3.8) is 0 Å². The van der Waals surface area contributed by atoms with Crippen LogP contribution in [0.2, 0.25) is 0 Å². The van der Waals surface area contributed by atoms with Gasteiger partial charge in [-0.25, -0.2) is 15.0 Å². The molecule has 0 saturated carbocycles. The summed E-state index contributed by atoms with van der Waals surface area (Å²) in [6.45, 7) is 4.13. The molecule has 2 aromatic heterocycles. The molecular formula is C23H22N6OS. The van der Waals surface area contributed by atoms with Crippen molar-refractivity contribution in [3.05, 3.63) is 66.0 Å². The molecule has 0 fully saturated rings. The molecule has 3 heterocycles. The molecule has 4 aromatic rings. The molecule has 0 N–H and O–H groups in total. The van der Waals surface area contributed by atoms with Gasteiger partial charge in [0.15, 0.2) is 16.6 Å². The van der Waals surface area contributed by atoms with E-state index < -0.39 is 0 Å². The van der Waals surface area contributed by atoms with Crippen molar-refractivity contribution >= 4 is 40.4 Å². The first-order valence-corrected chi connectivity index (χ1v) is 11.3. The van der Waals surface area contributed by atoms with Crippen LogP contribution in [0.4, 0.5) is 0 Å². The van der Waals surface area contributed by atoms with Gasteiger partial charge in [0.05, 0.1) is 17.3 Å². The third-order valence-corrected chi connectivity index (χ3v) is 6.19. The van der Waals surface area contributed by atoms with Gasteiger partial charge in [0.1, 0.15) is 0 Å². The topological polar surface area (TPSA) is 75.8 Å². The lowest BCUT2D eigenvalue weighted by atomic mass is 10.0. The van der Waals surface area contributed by atoms with Gasteiger partial charge in [-0.2, -0.15) is 9.62 Å². The largest absolute Gasteiger partial charge is 0.272 e. The molecule has 1 atom stereocenters. The summed E-state index contributed by atoms with van der Waals surface area (Å²) in [5.41, 5.74) is 2.70. The van der Waals surface area contributed by atoms with Crippen LogP contribution < -0.4 is 0 Å². The smallest absolute Gasteiger partial charge is 0.253 e. The minimum absolute atomic E-state index is 0.0556. The Kier molecular flexibility index (Phi) is 5.15. The van der Waals surface area contributed by atoms with Gasteiger partial charge in [-0.3, -0.25) is 4.79 Å². The fourth-order valence-electron chi connectivity index (χ4n) is 3.68. The average molecular weight is 431 g/mol. The number of fused-ring (bicyclic) bond motifs is 3. The summed E-state index contributed by atoms with van der Waals surface area (Å²) in [7, 11) is 0. The third kappa shape index (κ3) is 3.67. The van der Waals surface area contributed by atoms with E-state index in [1.54, 1.807) is 15.7 Å². The van der Waals surface area contributed by atoms with Gasteiger partial charge in [0.25, 0.3) is 5.91 Å². The van der Waals surface area contributed by atoms with Crippen LogP contribution in [0.5, 0.6) is 0 Å². The summed E-state index contributed by atoms with van der Waals surface area (Å²) in [4.78, 5) is 22.5. The van der Waals surface area contributed by atoms with Crippen molar-refractivity contribution in [2.75, 3.05) is 5.75 Å². The number of nitrogens with zero attached hydrogens (tertiary/aromatic N) is 6. The van der Waals surface area contributed by atoms with E-state index >= 15 is 0 Å². The Labute approximate surface area is 184 Å². The number of rotatable bonds is 5. The van der Waals surface area contributed by atoms with Gasteiger partial charge < -0.3 is 0 Å². The minimum Gasteiger partial charge on any atom is -0.272 e. The number of para-hydroxylation sites is 1. The second-order valence-corrected chi connectivity index (χ2v) is 8.70.